The molecule has 3 N–H and O–H groups in total. The largest absolute Gasteiger partial charge is 0.481 e. The number of carboxylic acids is 1. The Balaban J connectivity index is 2.76. The molecule has 2 unspecified atom stereocenters. The first-order valence-corrected chi connectivity index (χ1v) is 7.39. The Hall–Kier alpha value is -1.14. The molecule has 1 fully saturated rings. The molecule has 0 aliphatic carbocycles. The van der Waals surface area contributed by atoms with E-state index in [0.717, 1.165) is 19.3 Å². The van der Waals surface area contributed by atoms with E-state index in [2.05, 4.69) is 0 Å². The van der Waals surface area contributed by atoms with E-state index >= 15 is 0 Å². The van der Waals surface area contributed by atoms with Crippen LogP contribution in [0.1, 0.15) is 39.5 Å². The van der Waals surface area contributed by atoms with Gasteiger partial charge in [0.2, 0.25) is 5.91 Å². The highest BCUT2D eigenvalue weighted by atomic mass is 16.5. The second kappa shape index (κ2) is 8.21. The topological polar surface area (TPSA) is 92.9 Å². The Kier molecular flexibility index (Phi) is 6.95. The molecule has 1 heterocycles. The second-order valence-electron chi connectivity index (χ2n) is 5.33. The first-order valence-electron chi connectivity index (χ1n) is 7.39. The molecule has 1 aliphatic rings. The zero-order valence-electron chi connectivity index (χ0n) is 12.4. The summed E-state index contributed by atoms with van der Waals surface area (Å²) in [4.78, 5) is 25.3. The minimum atomic E-state index is -0.913. The summed E-state index contributed by atoms with van der Waals surface area (Å²) in [5, 5.41) is 9.21. The second-order valence-corrected chi connectivity index (χ2v) is 5.33. The predicted octanol–water partition coefficient (Wildman–Crippen LogP) is 0.842. The minimum Gasteiger partial charge on any atom is -0.481 e. The number of hydrogen-bond donors (Lipinski definition) is 2. The highest BCUT2D eigenvalue weighted by Crippen LogP contribution is 2.21. The van der Waals surface area contributed by atoms with Crippen molar-refractivity contribution in [3.05, 3.63) is 0 Å². The van der Waals surface area contributed by atoms with Crippen molar-refractivity contribution in [1.29, 1.82) is 0 Å². The Bertz CT molecular complexity index is 335. The van der Waals surface area contributed by atoms with Crippen molar-refractivity contribution in [2.45, 2.75) is 51.6 Å². The number of unbranched alkanes of at least 4 members (excludes halogenated alkanes) is 1. The zero-order valence-corrected chi connectivity index (χ0v) is 12.4. The summed E-state index contributed by atoms with van der Waals surface area (Å²) in [6.45, 7) is 4.98. The summed E-state index contributed by atoms with van der Waals surface area (Å²) >= 11 is 0. The van der Waals surface area contributed by atoms with Crippen LogP contribution in [-0.4, -0.2) is 53.7 Å². The average Bonchev–Trinajstić information content (AvgIpc) is 2.90. The van der Waals surface area contributed by atoms with Gasteiger partial charge in [-0.05, 0) is 12.8 Å². The summed E-state index contributed by atoms with van der Waals surface area (Å²) in [6.07, 6.45) is 3.30. The summed E-state index contributed by atoms with van der Waals surface area (Å²) in [5.41, 5.74) is 5.94. The number of hydrogen-bond acceptors (Lipinski definition) is 4. The van der Waals surface area contributed by atoms with Crippen LogP contribution in [0.4, 0.5) is 0 Å². The normalized spacial score (nSPS) is 23.6. The number of rotatable bonds is 8. The highest BCUT2D eigenvalue weighted by Gasteiger charge is 2.40. The molecule has 20 heavy (non-hydrogen) atoms. The van der Waals surface area contributed by atoms with E-state index in [9.17, 15) is 14.7 Å². The third-order valence-corrected chi connectivity index (χ3v) is 3.70. The number of carbonyl (C=O) groups is 2. The summed E-state index contributed by atoms with van der Waals surface area (Å²) in [5.74, 6) is -1.71. The molecule has 1 saturated heterocycles. The van der Waals surface area contributed by atoms with Crippen LogP contribution in [0.3, 0.4) is 0 Å². The quantitative estimate of drug-likeness (QED) is 0.690. The van der Waals surface area contributed by atoms with Crippen LogP contribution in [0.25, 0.3) is 0 Å². The Labute approximate surface area is 120 Å². The van der Waals surface area contributed by atoms with Gasteiger partial charge in [-0.1, -0.05) is 26.7 Å². The van der Waals surface area contributed by atoms with Gasteiger partial charge in [-0.3, -0.25) is 9.59 Å². The van der Waals surface area contributed by atoms with Crippen LogP contribution < -0.4 is 5.73 Å². The average molecular weight is 286 g/mol. The monoisotopic (exact) mass is 286 g/mol. The fourth-order valence-electron chi connectivity index (χ4n) is 2.53. The summed E-state index contributed by atoms with van der Waals surface area (Å²) < 4.78 is 5.25. The van der Waals surface area contributed by atoms with Crippen LogP contribution in [0, 0.1) is 5.92 Å². The lowest BCUT2D eigenvalue weighted by Crippen LogP contribution is -2.52. The van der Waals surface area contributed by atoms with E-state index in [-0.39, 0.29) is 19.1 Å². The zero-order chi connectivity index (χ0) is 15.1. The van der Waals surface area contributed by atoms with Crippen molar-refractivity contribution in [2.75, 3.05) is 19.8 Å². The number of carbonyl (C=O) groups excluding carboxylic acids is 1. The smallest absolute Gasteiger partial charge is 0.311 e. The van der Waals surface area contributed by atoms with Gasteiger partial charge in [0.25, 0.3) is 0 Å². The van der Waals surface area contributed by atoms with Crippen molar-refractivity contribution in [2.24, 2.45) is 11.7 Å². The summed E-state index contributed by atoms with van der Waals surface area (Å²) in [7, 11) is 0. The van der Waals surface area contributed by atoms with Crippen LogP contribution in [0.15, 0.2) is 0 Å². The fraction of sp³-hybridized carbons (Fsp3) is 0.857. The standard InChI is InChI=1S/C14H26N2O4/c1-3-5-6-11(15)13(17)16(7-4-2)12-9-20-8-10(12)14(18)19/h10-12H,3-9,15H2,1-2H3,(H,18,19)/t10?,11-,12?/m0/s1. The molecule has 3 atom stereocenters. The predicted molar refractivity (Wildman–Crippen MR) is 75.2 cm³/mol. The van der Waals surface area contributed by atoms with Gasteiger partial charge in [0.15, 0.2) is 0 Å². The SMILES string of the molecule is CCCC[C@H](N)C(=O)N(CCC)C1COCC1C(=O)O. The molecule has 0 bridgehead atoms. The maximum atomic E-state index is 12.4. The molecular formula is C14H26N2O4. The van der Waals surface area contributed by atoms with Crippen LogP contribution >= 0.6 is 0 Å². The molecule has 1 aliphatic heterocycles. The highest BCUT2D eigenvalue weighted by molar-refractivity contribution is 5.83. The van der Waals surface area contributed by atoms with Gasteiger partial charge in [-0.15, -0.1) is 0 Å². The Morgan fingerprint density at radius 2 is 2.05 bits per heavy atom. The van der Waals surface area contributed by atoms with Gasteiger partial charge in [-0.2, -0.15) is 0 Å². The van der Waals surface area contributed by atoms with Crippen molar-refractivity contribution in [3.8, 4) is 0 Å². The van der Waals surface area contributed by atoms with Gasteiger partial charge < -0.3 is 20.5 Å². The van der Waals surface area contributed by atoms with E-state index in [1.54, 1.807) is 4.90 Å². The lowest BCUT2D eigenvalue weighted by Gasteiger charge is -2.32. The fourth-order valence-corrected chi connectivity index (χ4v) is 2.53. The van der Waals surface area contributed by atoms with E-state index in [0.29, 0.717) is 13.0 Å². The van der Waals surface area contributed by atoms with Gasteiger partial charge in [0.1, 0.15) is 5.92 Å². The first kappa shape index (κ1) is 16.9. The van der Waals surface area contributed by atoms with E-state index in [1.165, 1.54) is 0 Å². The lowest BCUT2D eigenvalue weighted by atomic mass is 10.00. The van der Waals surface area contributed by atoms with Crippen molar-refractivity contribution >= 4 is 11.9 Å². The molecule has 6 nitrogen and oxygen atoms in total. The van der Waals surface area contributed by atoms with Gasteiger partial charge in [-0.25, -0.2) is 0 Å². The maximum Gasteiger partial charge on any atom is 0.311 e. The maximum absolute atomic E-state index is 12.4. The number of aliphatic carboxylic acids is 1. The van der Waals surface area contributed by atoms with E-state index < -0.39 is 24.0 Å². The van der Waals surface area contributed by atoms with Gasteiger partial charge >= 0.3 is 5.97 Å². The lowest BCUT2D eigenvalue weighted by molar-refractivity contribution is -0.145. The number of nitrogens with two attached hydrogens (primary N) is 1. The van der Waals surface area contributed by atoms with Crippen molar-refractivity contribution < 1.29 is 19.4 Å². The molecule has 0 aromatic rings. The molecule has 0 aromatic heterocycles. The van der Waals surface area contributed by atoms with Crippen LogP contribution in [0.5, 0.6) is 0 Å². The molecule has 116 valence electrons. The van der Waals surface area contributed by atoms with Crippen LogP contribution in [0.2, 0.25) is 0 Å². The first-order chi connectivity index (χ1) is 9.52. The molecule has 1 amide bonds. The number of ether oxygens (including phenoxy) is 1. The van der Waals surface area contributed by atoms with Crippen molar-refractivity contribution in [3.63, 3.8) is 0 Å². The third kappa shape index (κ3) is 4.18. The van der Waals surface area contributed by atoms with Gasteiger partial charge in [0, 0.05) is 6.54 Å². The molecule has 0 radical (unpaired) electrons. The van der Waals surface area contributed by atoms with Crippen LogP contribution in [-0.2, 0) is 14.3 Å². The Morgan fingerprint density at radius 3 is 2.60 bits per heavy atom. The number of nitrogens with zero attached hydrogens (tertiary/aromatic N) is 1. The van der Waals surface area contributed by atoms with E-state index in [4.69, 9.17) is 10.5 Å². The molecule has 0 saturated carbocycles. The summed E-state index contributed by atoms with van der Waals surface area (Å²) in [6, 6.07) is -0.941. The molecule has 0 aromatic carbocycles. The minimum absolute atomic E-state index is 0.151. The Morgan fingerprint density at radius 1 is 1.35 bits per heavy atom. The molecular weight excluding hydrogens is 260 g/mol. The molecule has 0 spiro atoms. The third-order valence-electron chi connectivity index (χ3n) is 3.70. The molecule has 6 heteroatoms. The number of amides is 1. The van der Waals surface area contributed by atoms with E-state index in [1.807, 2.05) is 13.8 Å². The number of carboxylic acid groups (broad SMARTS) is 1. The molecule has 1 rings (SSSR count). The van der Waals surface area contributed by atoms with Crippen molar-refractivity contribution in [1.82, 2.24) is 4.90 Å². The van der Waals surface area contributed by atoms with Gasteiger partial charge in [0.05, 0.1) is 25.3 Å².